The predicted octanol–water partition coefficient (Wildman–Crippen LogP) is 1.28. The molecule has 1 N–H and O–H groups in total. The van der Waals surface area contributed by atoms with Gasteiger partial charge in [-0.3, -0.25) is 0 Å². The van der Waals surface area contributed by atoms with Crippen LogP contribution in [0.5, 0.6) is 0 Å². The van der Waals surface area contributed by atoms with Crippen molar-refractivity contribution in [2.24, 2.45) is 5.16 Å². The van der Waals surface area contributed by atoms with E-state index in [9.17, 15) is 0 Å². The zero-order valence-electron chi connectivity index (χ0n) is 7.49. The topological polar surface area (TPSA) is 35.8 Å². The van der Waals surface area contributed by atoms with Gasteiger partial charge in [-0.15, -0.1) is 0 Å². The third-order valence-corrected chi connectivity index (χ3v) is 2.78. The summed E-state index contributed by atoms with van der Waals surface area (Å²) in [5.41, 5.74) is 0.954. The van der Waals surface area contributed by atoms with Crippen molar-refractivity contribution >= 4 is 17.5 Å². The Labute approximate surface area is 77.8 Å². The Kier molecular flexibility index (Phi) is 4.46. The highest BCUT2D eigenvalue weighted by Crippen LogP contribution is 2.07. The summed E-state index contributed by atoms with van der Waals surface area (Å²) in [4.78, 5) is 2.42. The Balaban J connectivity index is 2.17. The van der Waals surface area contributed by atoms with Crippen molar-refractivity contribution in [2.75, 3.05) is 31.6 Å². The first-order valence-corrected chi connectivity index (χ1v) is 5.67. The van der Waals surface area contributed by atoms with Crippen molar-refractivity contribution in [3.63, 3.8) is 0 Å². The minimum Gasteiger partial charge on any atom is -0.411 e. The molecule has 1 saturated heterocycles. The average molecular weight is 188 g/mol. The standard InChI is InChI=1S/C8H16N2OS/c1-12-7-6-10-4-2-8(9-11)3-5-10/h11H,2-7H2,1H3. The van der Waals surface area contributed by atoms with E-state index < -0.39 is 0 Å². The molecule has 1 heterocycles. The normalized spacial score (nSPS) is 19.6. The van der Waals surface area contributed by atoms with Crippen molar-refractivity contribution < 1.29 is 5.21 Å². The summed E-state index contributed by atoms with van der Waals surface area (Å²) in [6.07, 6.45) is 4.00. The number of hydrogen-bond acceptors (Lipinski definition) is 4. The van der Waals surface area contributed by atoms with Gasteiger partial charge >= 0.3 is 0 Å². The van der Waals surface area contributed by atoms with Crippen molar-refractivity contribution in [3.05, 3.63) is 0 Å². The molecule has 1 rings (SSSR count). The Morgan fingerprint density at radius 2 is 2.17 bits per heavy atom. The molecule has 0 aromatic heterocycles. The zero-order valence-corrected chi connectivity index (χ0v) is 8.31. The van der Waals surface area contributed by atoms with Crippen LogP contribution >= 0.6 is 11.8 Å². The third-order valence-electron chi connectivity index (χ3n) is 2.19. The van der Waals surface area contributed by atoms with Crippen LogP contribution in [-0.4, -0.2) is 47.5 Å². The second-order valence-corrected chi connectivity index (χ2v) is 3.99. The van der Waals surface area contributed by atoms with E-state index in [2.05, 4.69) is 16.3 Å². The van der Waals surface area contributed by atoms with Crippen LogP contribution in [-0.2, 0) is 0 Å². The summed E-state index contributed by atoms with van der Waals surface area (Å²) in [6.45, 7) is 3.28. The van der Waals surface area contributed by atoms with E-state index in [0.717, 1.165) is 31.6 Å². The zero-order chi connectivity index (χ0) is 8.81. The Bertz CT molecular complexity index is 151. The molecule has 1 fully saturated rings. The van der Waals surface area contributed by atoms with Gasteiger partial charge < -0.3 is 10.1 Å². The van der Waals surface area contributed by atoms with Crippen LogP contribution in [0.2, 0.25) is 0 Å². The van der Waals surface area contributed by atoms with E-state index in [0.29, 0.717) is 0 Å². The van der Waals surface area contributed by atoms with Gasteiger partial charge in [0.25, 0.3) is 0 Å². The molecule has 1 aliphatic rings. The van der Waals surface area contributed by atoms with E-state index in [1.54, 1.807) is 0 Å². The van der Waals surface area contributed by atoms with Crippen LogP contribution in [0.4, 0.5) is 0 Å². The first-order chi connectivity index (χ1) is 5.86. The highest BCUT2D eigenvalue weighted by atomic mass is 32.2. The number of thioether (sulfide) groups is 1. The average Bonchev–Trinajstić information content (AvgIpc) is 2.15. The van der Waals surface area contributed by atoms with Crippen LogP contribution in [0.3, 0.4) is 0 Å². The molecule has 3 nitrogen and oxygen atoms in total. The van der Waals surface area contributed by atoms with Gasteiger partial charge in [-0.05, 0) is 6.26 Å². The maximum Gasteiger partial charge on any atom is 0.0596 e. The lowest BCUT2D eigenvalue weighted by molar-refractivity contribution is 0.275. The molecule has 70 valence electrons. The summed E-state index contributed by atoms with van der Waals surface area (Å²) < 4.78 is 0. The second-order valence-electron chi connectivity index (χ2n) is 3.00. The van der Waals surface area contributed by atoms with Crippen molar-refractivity contribution in [1.29, 1.82) is 0 Å². The molecule has 0 bridgehead atoms. The van der Waals surface area contributed by atoms with E-state index in [1.807, 2.05) is 11.8 Å². The maximum absolute atomic E-state index is 8.52. The molecular formula is C8H16N2OS. The number of nitrogens with zero attached hydrogens (tertiary/aromatic N) is 2. The van der Waals surface area contributed by atoms with Gasteiger partial charge in [0, 0.05) is 38.2 Å². The van der Waals surface area contributed by atoms with Gasteiger partial charge in [-0.25, -0.2) is 0 Å². The summed E-state index contributed by atoms with van der Waals surface area (Å²) >= 11 is 1.88. The molecule has 0 spiro atoms. The fourth-order valence-corrected chi connectivity index (χ4v) is 1.80. The summed E-state index contributed by atoms with van der Waals surface area (Å²) in [6, 6.07) is 0. The van der Waals surface area contributed by atoms with E-state index >= 15 is 0 Å². The number of oxime groups is 1. The van der Waals surface area contributed by atoms with Crippen LogP contribution in [0.1, 0.15) is 12.8 Å². The molecule has 0 atom stereocenters. The molecule has 0 aromatic rings. The molecular weight excluding hydrogens is 172 g/mol. The monoisotopic (exact) mass is 188 g/mol. The SMILES string of the molecule is CSCCN1CCC(=NO)CC1. The summed E-state index contributed by atoms with van der Waals surface area (Å²) in [5, 5.41) is 11.8. The molecule has 0 aromatic carbocycles. The molecule has 0 saturated carbocycles. The van der Waals surface area contributed by atoms with Gasteiger partial charge in [0.05, 0.1) is 5.71 Å². The van der Waals surface area contributed by atoms with Crippen LogP contribution in [0.15, 0.2) is 5.16 Å². The first kappa shape index (κ1) is 9.86. The van der Waals surface area contributed by atoms with Crippen molar-refractivity contribution in [2.45, 2.75) is 12.8 Å². The third kappa shape index (κ3) is 3.03. The predicted molar refractivity (Wildman–Crippen MR) is 53.3 cm³/mol. The van der Waals surface area contributed by atoms with Gasteiger partial charge in [-0.1, -0.05) is 5.16 Å². The van der Waals surface area contributed by atoms with Gasteiger partial charge in [-0.2, -0.15) is 11.8 Å². The van der Waals surface area contributed by atoms with Gasteiger partial charge in [0.1, 0.15) is 0 Å². The Morgan fingerprint density at radius 3 is 2.67 bits per heavy atom. The largest absolute Gasteiger partial charge is 0.411 e. The molecule has 12 heavy (non-hydrogen) atoms. The van der Waals surface area contributed by atoms with E-state index in [4.69, 9.17) is 5.21 Å². The fraction of sp³-hybridized carbons (Fsp3) is 0.875. The summed E-state index contributed by atoms with van der Waals surface area (Å²) in [7, 11) is 0. The number of hydrogen-bond donors (Lipinski definition) is 1. The van der Waals surface area contributed by atoms with Gasteiger partial charge in [0.15, 0.2) is 0 Å². The lowest BCUT2D eigenvalue weighted by atomic mass is 10.1. The van der Waals surface area contributed by atoms with Crippen molar-refractivity contribution in [3.8, 4) is 0 Å². The number of likely N-dealkylation sites (tertiary alicyclic amines) is 1. The van der Waals surface area contributed by atoms with Crippen molar-refractivity contribution in [1.82, 2.24) is 4.90 Å². The molecule has 0 unspecified atom stereocenters. The van der Waals surface area contributed by atoms with Crippen LogP contribution in [0, 0.1) is 0 Å². The highest BCUT2D eigenvalue weighted by Gasteiger charge is 2.13. The van der Waals surface area contributed by atoms with E-state index in [-0.39, 0.29) is 0 Å². The Morgan fingerprint density at radius 1 is 1.50 bits per heavy atom. The fourth-order valence-electron chi connectivity index (χ4n) is 1.36. The molecule has 1 aliphatic heterocycles. The van der Waals surface area contributed by atoms with Crippen LogP contribution < -0.4 is 0 Å². The lowest BCUT2D eigenvalue weighted by Gasteiger charge is -2.26. The maximum atomic E-state index is 8.52. The Hall–Kier alpha value is -0.220. The van der Waals surface area contributed by atoms with Gasteiger partial charge in [0.2, 0.25) is 0 Å². The lowest BCUT2D eigenvalue weighted by Crippen LogP contribution is -2.35. The number of rotatable bonds is 3. The second kappa shape index (κ2) is 5.43. The summed E-state index contributed by atoms with van der Waals surface area (Å²) in [5.74, 6) is 1.20. The first-order valence-electron chi connectivity index (χ1n) is 4.28. The molecule has 0 radical (unpaired) electrons. The van der Waals surface area contributed by atoms with E-state index in [1.165, 1.54) is 12.3 Å². The molecule has 0 amide bonds. The minimum absolute atomic E-state index is 0.935. The number of piperidine rings is 1. The molecule has 0 aliphatic carbocycles. The smallest absolute Gasteiger partial charge is 0.0596 e. The van der Waals surface area contributed by atoms with Crippen LogP contribution in [0.25, 0.3) is 0 Å². The molecule has 4 heteroatoms. The quantitative estimate of drug-likeness (QED) is 0.535. The minimum atomic E-state index is 0.935. The highest BCUT2D eigenvalue weighted by molar-refractivity contribution is 7.98.